The Bertz CT molecular complexity index is 661. The van der Waals surface area contributed by atoms with Crippen molar-refractivity contribution in [3.05, 3.63) is 28.0 Å². The van der Waals surface area contributed by atoms with Crippen molar-refractivity contribution >= 4 is 28.9 Å². The molecule has 9 heteroatoms. The Hall–Kier alpha value is -1.60. The Morgan fingerprint density at radius 2 is 2.00 bits per heavy atom. The van der Waals surface area contributed by atoms with Crippen LogP contribution in [0.2, 0.25) is 10.0 Å². The molecule has 1 aromatic heterocycles. The number of nitrogens with zero attached hydrogens (tertiary/aromatic N) is 2. The van der Waals surface area contributed by atoms with Gasteiger partial charge in [-0.15, -0.1) is 0 Å². The van der Waals surface area contributed by atoms with Gasteiger partial charge < -0.3 is 10.5 Å². The van der Waals surface area contributed by atoms with E-state index in [1.165, 1.54) is 13.1 Å². The molecule has 1 heterocycles. The molecule has 108 valence electrons. The second-order valence-corrected chi connectivity index (χ2v) is 4.61. The summed E-state index contributed by atoms with van der Waals surface area (Å²) in [4.78, 5) is 0. The molecule has 2 rings (SSSR count). The molecule has 0 unspecified atom stereocenters. The molecule has 4 nitrogen and oxygen atoms in total. The van der Waals surface area contributed by atoms with E-state index in [0.29, 0.717) is 0 Å². The predicted molar refractivity (Wildman–Crippen MR) is 69.7 cm³/mol. The van der Waals surface area contributed by atoms with E-state index in [4.69, 9.17) is 28.9 Å². The van der Waals surface area contributed by atoms with Crippen LogP contribution in [0.1, 0.15) is 0 Å². The number of ether oxygens (including phenoxy) is 1. The number of hydrogen-bond donors (Lipinski definition) is 1. The van der Waals surface area contributed by atoms with Gasteiger partial charge in [-0.2, -0.15) is 13.9 Å². The summed E-state index contributed by atoms with van der Waals surface area (Å²) in [6.07, 6.45) is 0. The number of aryl methyl sites for hydroxylation is 1. The van der Waals surface area contributed by atoms with Gasteiger partial charge in [0.1, 0.15) is 16.5 Å². The third-order valence-electron chi connectivity index (χ3n) is 2.48. The highest BCUT2D eigenvalue weighted by molar-refractivity contribution is 6.35. The first-order chi connectivity index (χ1) is 9.31. The Morgan fingerprint density at radius 3 is 2.60 bits per heavy atom. The van der Waals surface area contributed by atoms with E-state index in [2.05, 4.69) is 9.84 Å². The SMILES string of the molecule is Cn1nc(-c2cc(N)c(Cl)cc2F)c(Cl)c1OC(F)F. The molecule has 2 aromatic rings. The Kier molecular flexibility index (Phi) is 4.01. The average Bonchev–Trinajstić information content (AvgIpc) is 2.61. The molecule has 0 radical (unpaired) electrons. The van der Waals surface area contributed by atoms with Crippen LogP contribution in [0.4, 0.5) is 18.9 Å². The number of hydrogen-bond acceptors (Lipinski definition) is 3. The molecular weight excluding hydrogens is 318 g/mol. The number of anilines is 1. The lowest BCUT2D eigenvalue weighted by atomic mass is 10.1. The number of alkyl halides is 2. The van der Waals surface area contributed by atoms with Crippen molar-refractivity contribution in [2.45, 2.75) is 6.61 Å². The van der Waals surface area contributed by atoms with E-state index in [9.17, 15) is 13.2 Å². The van der Waals surface area contributed by atoms with E-state index >= 15 is 0 Å². The van der Waals surface area contributed by atoms with Gasteiger partial charge in [0.25, 0.3) is 0 Å². The van der Waals surface area contributed by atoms with Gasteiger partial charge in [-0.05, 0) is 12.1 Å². The molecule has 0 aliphatic rings. The fourth-order valence-corrected chi connectivity index (χ4v) is 2.07. The molecule has 0 fully saturated rings. The van der Waals surface area contributed by atoms with Gasteiger partial charge in [0, 0.05) is 12.6 Å². The number of nitrogen functional groups attached to an aromatic ring is 1. The summed E-state index contributed by atoms with van der Waals surface area (Å²) in [5.41, 5.74) is 5.56. The van der Waals surface area contributed by atoms with Crippen molar-refractivity contribution in [3.63, 3.8) is 0 Å². The smallest absolute Gasteiger partial charge is 0.388 e. The predicted octanol–water partition coefficient (Wildman–Crippen LogP) is 3.72. The molecule has 0 amide bonds. The second kappa shape index (κ2) is 5.41. The lowest BCUT2D eigenvalue weighted by Gasteiger charge is -2.05. The van der Waals surface area contributed by atoms with Gasteiger partial charge in [-0.3, -0.25) is 0 Å². The summed E-state index contributed by atoms with van der Waals surface area (Å²) in [6.45, 7) is -3.07. The molecule has 0 aliphatic carbocycles. The number of rotatable bonds is 3. The minimum atomic E-state index is -3.07. The fourth-order valence-electron chi connectivity index (χ4n) is 1.61. The summed E-state index contributed by atoms with van der Waals surface area (Å²) in [6, 6.07) is 2.21. The van der Waals surface area contributed by atoms with Crippen molar-refractivity contribution in [2.75, 3.05) is 5.73 Å². The minimum absolute atomic E-state index is 0.0300. The topological polar surface area (TPSA) is 53.1 Å². The molecule has 2 N–H and O–H groups in total. The van der Waals surface area contributed by atoms with E-state index in [1.807, 2.05) is 0 Å². The van der Waals surface area contributed by atoms with E-state index in [-0.39, 0.29) is 32.9 Å². The van der Waals surface area contributed by atoms with Gasteiger partial charge in [-0.25, -0.2) is 9.07 Å². The van der Waals surface area contributed by atoms with E-state index < -0.39 is 12.4 Å². The van der Waals surface area contributed by atoms with E-state index in [1.54, 1.807) is 0 Å². The molecule has 1 aromatic carbocycles. The summed E-state index contributed by atoms with van der Waals surface area (Å²) < 4.78 is 43.6. The number of aromatic nitrogens is 2. The zero-order chi connectivity index (χ0) is 15.0. The molecule has 0 saturated heterocycles. The van der Waals surface area contributed by atoms with Gasteiger partial charge >= 0.3 is 6.61 Å². The Morgan fingerprint density at radius 1 is 1.35 bits per heavy atom. The molecular formula is C11H8Cl2F3N3O. The van der Waals surface area contributed by atoms with Crippen LogP contribution in [-0.2, 0) is 7.05 Å². The zero-order valence-corrected chi connectivity index (χ0v) is 11.5. The molecule has 0 aliphatic heterocycles. The van der Waals surface area contributed by atoms with Crippen LogP contribution >= 0.6 is 23.2 Å². The quantitative estimate of drug-likeness (QED) is 0.875. The van der Waals surface area contributed by atoms with Gasteiger partial charge in [-0.1, -0.05) is 23.2 Å². The molecule has 0 spiro atoms. The summed E-state index contributed by atoms with van der Waals surface area (Å²) in [5, 5.41) is 3.64. The number of halogens is 5. The first kappa shape index (κ1) is 14.8. The highest BCUT2D eigenvalue weighted by Crippen LogP contribution is 2.38. The zero-order valence-electron chi connectivity index (χ0n) is 10.0. The lowest BCUT2D eigenvalue weighted by molar-refractivity contribution is -0.0552. The van der Waals surface area contributed by atoms with Crippen LogP contribution in [0.15, 0.2) is 12.1 Å². The maximum absolute atomic E-state index is 13.9. The number of nitrogens with two attached hydrogens (primary N) is 1. The van der Waals surface area contributed by atoms with Crippen LogP contribution in [-0.4, -0.2) is 16.4 Å². The van der Waals surface area contributed by atoms with Crippen LogP contribution in [0.3, 0.4) is 0 Å². The van der Waals surface area contributed by atoms with Crippen LogP contribution in [0.5, 0.6) is 5.88 Å². The fraction of sp³-hybridized carbons (Fsp3) is 0.182. The maximum atomic E-state index is 13.9. The van der Waals surface area contributed by atoms with Crippen molar-refractivity contribution in [2.24, 2.45) is 7.05 Å². The normalized spacial score (nSPS) is 11.2. The van der Waals surface area contributed by atoms with E-state index in [0.717, 1.165) is 10.7 Å². The van der Waals surface area contributed by atoms with Gasteiger partial charge in [0.15, 0.2) is 0 Å². The van der Waals surface area contributed by atoms with Crippen molar-refractivity contribution in [3.8, 4) is 17.1 Å². The first-order valence-electron chi connectivity index (χ1n) is 5.23. The first-order valence-corrected chi connectivity index (χ1v) is 5.99. The molecule has 0 bridgehead atoms. The van der Waals surface area contributed by atoms with Crippen LogP contribution in [0.25, 0.3) is 11.3 Å². The van der Waals surface area contributed by atoms with Crippen molar-refractivity contribution < 1.29 is 17.9 Å². The largest absolute Gasteiger partial charge is 0.416 e. The maximum Gasteiger partial charge on any atom is 0.388 e. The molecule has 20 heavy (non-hydrogen) atoms. The van der Waals surface area contributed by atoms with Crippen molar-refractivity contribution in [1.82, 2.24) is 9.78 Å². The third-order valence-corrected chi connectivity index (χ3v) is 3.15. The van der Waals surface area contributed by atoms with Gasteiger partial charge in [0.05, 0.1) is 10.7 Å². The summed E-state index contributed by atoms with van der Waals surface area (Å²) >= 11 is 11.6. The van der Waals surface area contributed by atoms with Crippen LogP contribution in [0, 0.1) is 5.82 Å². The second-order valence-electron chi connectivity index (χ2n) is 3.82. The highest BCUT2D eigenvalue weighted by Gasteiger charge is 2.22. The third kappa shape index (κ3) is 2.64. The minimum Gasteiger partial charge on any atom is -0.416 e. The van der Waals surface area contributed by atoms with Crippen LogP contribution < -0.4 is 10.5 Å². The monoisotopic (exact) mass is 325 g/mol. The Balaban J connectivity index is 2.57. The summed E-state index contributed by atoms with van der Waals surface area (Å²) in [5.74, 6) is -1.10. The highest BCUT2D eigenvalue weighted by atomic mass is 35.5. The average molecular weight is 326 g/mol. The van der Waals surface area contributed by atoms with Crippen molar-refractivity contribution in [1.29, 1.82) is 0 Å². The molecule has 0 saturated carbocycles. The van der Waals surface area contributed by atoms with Gasteiger partial charge in [0.2, 0.25) is 5.88 Å². The molecule has 0 atom stereocenters. The lowest BCUT2D eigenvalue weighted by Crippen LogP contribution is -2.06. The summed E-state index contributed by atoms with van der Waals surface area (Å²) in [7, 11) is 1.34. The Labute approximate surface area is 121 Å². The number of benzene rings is 1. The standard InChI is InChI=1S/C11H8Cl2F3N3O/c1-19-10(20-11(15)16)8(13)9(18-19)4-2-7(17)5(12)3-6(4)14/h2-3,11H,17H2,1H3.